The van der Waals surface area contributed by atoms with E-state index >= 15 is 0 Å². The lowest BCUT2D eigenvalue weighted by molar-refractivity contribution is 0.595. The van der Waals surface area contributed by atoms with E-state index in [1.807, 2.05) is 17.8 Å². The third-order valence-corrected chi connectivity index (χ3v) is 4.10. The first kappa shape index (κ1) is 13.8. The molecule has 0 atom stereocenters. The van der Waals surface area contributed by atoms with Crippen LogP contribution in [-0.4, -0.2) is 28.0 Å². The molecule has 0 fully saturated rings. The van der Waals surface area contributed by atoms with Crippen LogP contribution in [0.25, 0.3) is 0 Å². The summed E-state index contributed by atoms with van der Waals surface area (Å²) in [5.41, 5.74) is 1.93. The summed E-state index contributed by atoms with van der Waals surface area (Å²) in [5, 5.41) is 13.6. The summed E-state index contributed by atoms with van der Waals surface area (Å²) >= 11 is 0. The molecular weight excluding hydrogens is 266 g/mol. The van der Waals surface area contributed by atoms with Gasteiger partial charge >= 0.3 is 0 Å². The van der Waals surface area contributed by atoms with Gasteiger partial charge in [-0.3, -0.25) is 9.36 Å². The molecule has 2 N–H and O–H groups in total. The van der Waals surface area contributed by atoms with Gasteiger partial charge in [-0.25, -0.2) is 13.6 Å². The van der Waals surface area contributed by atoms with E-state index in [9.17, 15) is 8.42 Å². The maximum absolute atomic E-state index is 11.5. The van der Waals surface area contributed by atoms with Gasteiger partial charge in [-0.1, -0.05) is 0 Å². The first-order valence-electron chi connectivity index (χ1n) is 5.91. The minimum atomic E-state index is -3.74. The van der Waals surface area contributed by atoms with Crippen LogP contribution in [0.2, 0.25) is 0 Å². The Labute approximate surface area is 112 Å². The zero-order chi connectivity index (χ0) is 14.2. The van der Waals surface area contributed by atoms with Crippen LogP contribution in [0.5, 0.6) is 0 Å². The zero-order valence-electron chi connectivity index (χ0n) is 11.2. The molecule has 0 spiro atoms. The second kappa shape index (κ2) is 4.78. The molecule has 0 saturated heterocycles. The number of hydrogen-bond acceptors (Lipinski definition) is 4. The molecule has 8 heteroatoms. The van der Waals surface area contributed by atoms with Crippen LogP contribution in [-0.2, 0) is 23.1 Å². The minimum Gasteiger partial charge on any atom is -0.273 e. The van der Waals surface area contributed by atoms with Gasteiger partial charge in [0, 0.05) is 18.3 Å². The van der Waals surface area contributed by atoms with Crippen molar-refractivity contribution in [2.24, 2.45) is 5.14 Å². The van der Waals surface area contributed by atoms with Crippen LogP contribution in [0, 0.1) is 13.8 Å². The van der Waals surface area contributed by atoms with Crippen molar-refractivity contribution >= 4 is 10.0 Å². The van der Waals surface area contributed by atoms with Gasteiger partial charge < -0.3 is 0 Å². The van der Waals surface area contributed by atoms with Gasteiger partial charge in [0.25, 0.3) is 0 Å². The number of aryl methyl sites for hydroxylation is 2. The first-order valence-corrected chi connectivity index (χ1v) is 7.45. The van der Waals surface area contributed by atoms with E-state index in [1.54, 1.807) is 24.7 Å². The number of nitrogens with two attached hydrogens (primary N) is 1. The lowest BCUT2D eigenvalue weighted by atomic mass is 10.3. The summed E-state index contributed by atoms with van der Waals surface area (Å²) in [7, 11) is -3.74. The number of hydrogen-bond donors (Lipinski definition) is 1. The van der Waals surface area contributed by atoms with Crippen molar-refractivity contribution in [2.45, 2.75) is 38.8 Å². The summed E-state index contributed by atoms with van der Waals surface area (Å²) in [4.78, 5) is 0.107. The average Bonchev–Trinajstić information content (AvgIpc) is 2.84. The first-order chi connectivity index (χ1) is 8.82. The molecule has 0 radical (unpaired) electrons. The molecule has 0 bridgehead atoms. The molecule has 19 heavy (non-hydrogen) atoms. The second-order valence-corrected chi connectivity index (χ2v) is 5.91. The van der Waals surface area contributed by atoms with Crippen LogP contribution in [0.3, 0.4) is 0 Å². The molecule has 0 aliphatic carbocycles. The molecule has 0 aliphatic heterocycles. The van der Waals surface area contributed by atoms with E-state index in [1.165, 1.54) is 0 Å². The average molecular weight is 283 g/mol. The lowest BCUT2D eigenvalue weighted by Crippen LogP contribution is -2.14. The quantitative estimate of drug-likeness (QED) is 0.879. The molecule has 0 unspecified atom stereocenters. The third kappa shape index (κ3) is 2.69. The fraction of sp³-hybridized carbons (Fsp3) is 0.455. The highest BCUT2D eigenvalue weighted by molar-refractivity contribution is 7.89. The van der Waals surface area contributed by atoms with Gasteiger partial charge in [-0.2, -0.15) is 10.2 Å². The molecule has 2 aromatic rings. The Kier molecular flexibility index (Phi) is 3.46. The normalized spacial score (nSPS) is 12.0. The van der Waals surface area contributed by atoms with E-state index in [0.717, 1.165) is 12.1 Å². The van der Waals surface area contributed by atoms with Crippen LogP contribution >= 0.6 is 0 Å². The second-order valence-electron chi connectivity index (χ2n) is 4.41. The summed E-state index contributed by atoms with van der Waals surface area (Å²) in [6.45, 7) is 6.60. The predicted molar refractivity (Wildman–Crippen MR) is 70.1 cm³/mol. The largest absolute Gasteiger partial charge is 0.273 e. The molecule has 0 amide bonds. The summed E-state index contributed by atoms with van der Waals surface area (Å²) in [5.74, 6) is 0. The maximum atomic E-state index is 11.5. The highest BCUT2D eigenvalue weighted by Gasteiger charge is 2.21. The fourth-order valence-electron chi connectivity index (χ4n) is 2.08. The Morgan fingerprint density at radius 2 is 2.05 bits per heavy atom. The van der Waals surface area contributed by atoms with Crippen LogP contribution in [0.4, 0.5) is 0 Å². The SMILES string of the molecule is CCn1cc(Cn2nc(C)c(S(N)(=O)=O)c2C)cn1. The molecule has 0 saturated carbocycles. The lowest BCUT2D eigenvalue weighted by Gasteiger charge is -2.02. The smallest absolute Gasteiger partial charge is 0.241 e. The molecular formula is C11H17N5O2S. The number of rotatable bonds is 4. The van der Waals surface area contributed by atoms with Gasteiger partial charge in [-0.05, 0) is 20.8 Å². The van der Waals surface area contributed by atoms with Crippen molar-refractivity contribution in [1.29, 1.82) is 0 Å². The van der Waals surface area contributed by atoms with Crippen molar-refractivity contribution in [3.63, 3.8) is 0 Å². The molecule has 0 aliphatic rings. The molecule has 2 rings (SSSR count). The van der Waals surface area contributed by atoms with Crippen molar-refractivity contribution in [3.05, 3.63) is 29.3 Å². The Balaban J connectivity index is 2.37. The Morgan fingerprint density at radius 3 is 2.53 bits per heavy atom. The molecule has 0 aromatic carbocycles. The Bertz CT molecular complexity index is 699. The third-order valence-electron chi connectivity index (χ3n) is 2.94. The zero-order valence-corrected chi connectivity index (χ0v) is 12.0. The van der Waals surface area contributed by atoms with Gasteiger partial charge in [-0.15, -0.1) is 0 Å². The number of sulfonamides is 1. The van der Waals surface area contributed by atoms with Crippen molar-refractivity contribution < 1.29 is 8.42 Å². The van der Waals surface area contributed by atoms with Crippen molar-refractivity contribution in [2.75, 3.05) is 0 Å². The van der Waals surface area contributed by atoms with E-state index in [2.05, 4.69) is 10.2 Å². The van der Waals surface area contributed by atoms with Crippen LogP contribution < -0.4 is 5.14 Å². The van der Waals surface area contributed by atoms with E-state index < -0.39 is 10.0 Å². The molecule has 2 heterocycles. The van der Waals surface area contributed by atoms with E-state index in [0.29, 0.717) is 17.9 Å². The number of nitrogens with zero attached hydrogens (tertiary/aromatic N) is 4. The number of aromatic nitrogens is 4. The highest BCUT2D eigenvalue weighted by atomic mass is 32.2. The Hall–Kier alpha value is -1.67. The van der Waals surface area contributed by atoms with Crippen molar-refractivity contribution in [1.82, 2.24) is 19.6 Å². The summed E-state index contributed by atoms with van der Waals surface area (Å²) in [6, 6.07) is 0. The monoisotopic (exact) mass is 283 g/mol. The minimum absolute atomic E-state index is 0.107. The fourth-order valence-corrected chi connectivity index (χ4v) is 3.05. The van der Waals surface area contributed by atoms with Gasteiger partial charge in [0.15, 0.2) is 0 Å². The topological polar surface area (TPSA) is 95.8 Å². The van der Waals surface area contributed by atoms with Gasteiger partial charge in [0.2, 0.25) is 10.0 Å². The van der Waals surface area contributed by atoms with Crippen molar-refractivity contribution in [3.8, 4) is 0 Å². The summed E-state index contributed by atoms with van der Waals surface area (Å²) in [6.07, 6.45) is 3.66. The standard InChI is InChI=1S/C11H17N5O2S/c1-4-15-6-10(5-13-15)7-16-9(3)11(8(2)14-16)19(12,17)18/h5-6H,4,7H2,1-3H3,(H2,12,17,18). The van der Waals surface area contributed by atoms with Gasteiger partial charge in [0.05, 0.1) is 24.1 Å². The van der Waals surface area contributed by atoms with E-state index in [-0.39, 0.29) is 4.90 Å². The van der Waals surface area contributed by atoms with Crippen LogP contribution in [0.1, 0.15) is 23.9 Å². The van der Waals surface area contributed by atoms with Crippen LogP contribution in [0.15, 0.2) is 17.3 Å². The maximum Gasteiger partial charge on any atom is 0.241 e. The molecule has 7 nitrogen and oxygen atoms in total. The highest BCUT2D eigenvalue weighted by Crippen LogP contribution is 2.18. The Morgan fingerprint density at radius 1 is 1.37 bits per heavy atom. The molecule has 2 aromatic heterocycles. The number of primary sulfonamides is 1. The predicted octanol–water partition coefficient (Wildman–Crippen LogP) is 0.412. The van der Waals surface area contributed by atoms with Gasteiger partial charge in [0.1, 0.15) is 4.90 Å². The molecule has 104 valence electrons. The summed E-state index contributed by atoms with van der Waals surface area (Å²) < 4.78 is 26.4. The van der Waals surface area contributed by atoms with E-state index in [4.69, 9.17) is 5.14 Å².